The van der Waals surface area contributed by atoms with Crippen LogP contribution in [-0.2, 0) is 10.2 Å². The van der Waals surface area contributed by atoms with Gasteiger partial charge in [0.25, 0.3) is 10.2 Å². The molecule has 0 aliphatic carbocycles. The van der Waals surface area contributed by atoms with Gasteiger partial charge in [0.2, 0.25) is 0 Å². The largest absolute Gasteiger partial charge is 0.314 e. The number of nitrogens with zero attached hydrogens (tertiary/aromatic N) is 2. The molecule has 1 N–H and O–H groups in total. The van der Waals surface area contributed by atoms with E-state index in [2.05, 4.69) is 19.2 Å². The Hall–Kier alpha value is -0.170. The van der Waals surface area contributed by atoms with Crippen LogP contribution in [0.2, 0.25) is 0 Å². The van der Waals surface area contributed by atoms with Crippen molar-refractivity contribution in [1.29, 1.82) is 0 Å². The number of hydrogen-bond donors (Lipinski definition) is 1. The summed E-state index contributed by atoms with van der Waals surface area (Å²) in [6, 6.07) is 0.190. The smallest absolute Gasteiger partial charge is 0.282 e. The summed E-state index contributed by atoms with van der Waals surface area (Å²) in [4.78, 5) is 0. The highest BCUT2D eigenvalue weighted by Gasteiger charge is 2.39. The highest BCUT2D eigenvalue weighted by Crippen LogP contribution is 2.28. The summed E-state index contributed by atoms with van der Waals surface area (Å²) in [5.41, 5.74) is 0. The van der Waals surface area contributed by atoms with Crippen LogP contribution in [0.3, 0.4) is 0 Å². The average Bonchev–Trinajstić information content (AvgIpc) is 2.80. The zero-order valence-electron chi connectivity index (χ0n) is 10.7. The van der Waals surface area contributed by atoms with Gasteiger partial charge in [0.15, 0.2) is 0 Å². The van der Waals surface area contributed by atoms with Crippen molar-refractivity contribution < 1.29 is 8.42 Å². The first-order valence-corrected chi connectivity index (χ1v) is 7.91. The van der Waals surface area contributed by atoms with Crippen molar-refractivity contribution in [3.8, 4) is 0 Å². The Balaban J connectivity index is 2.13. The lowest BCUT2D eigenvalue weighted by Gasteiger charge is -2.34. The second kappa shape index (κ2) is 5.22. The Morgan fingerprint density at radius 3 is 2.41 bits per heavy atom. The summed E-state index contributed by atoms with van der Waals surface area (Å²) >= 11 is 0. The molecule has 2 fully saturated rings. The lowest BCUT2D eigenvalue weighted by atomic mass is 10.0. The molecule has 1 atom stereocenters. The van der Waals surface area contributed by atoms with Gasteiger partial charge in [-0.2, -0.15) is 17.0 Å². The third-order valence-electron chi connectivity index (χ3n) is 3.72. The molecule has 6 heteroatoms. The van der Waals surface area contributed by atoms with Crippen molar-refractivity contribution >= 4 is 10.2 Å². The van der Waals surface area contributed by atoms with E-state index in [1.165, 1.54) is 0 Å². The third-order valence-corrected chi connectivity index (χ3v) is 5.78. The molecule has 100 valence electrons. The van der Waals surface area contributed by atoms with E-state index in [0.29, 0.717) is 25.6 Å². The Bertz CT molecular complexity index is 350. The predicted molar refractivity (Wildman–Crippen MR) is 67.9 cm³/mol. The van der Waals surface area contributed by atoms with Gasteiger partial charge in [0.05, 0.1) is 0 Å². The normalized spacial score (nSPS) is 29.0. The first kappa shape index (κ1) is 13.3. The molecule has 17 heavy (non-hydrogen) atoms. The number of piperazine rings is 1. The molecular formula is C11H23N3O2S. The van der Waals surface area contributed by atoms with E-state index in [9.17, 15) is 8.42 Å². The van der Waals surface area contributed by atoms with Crippen LogP contribution in [0.5, 0.6) is 0 Å². The fourth-order valence-corrected chi connectivity index (χ4v) is 4.73. The van der Waals surface area contributed by atoms with Gasteiger partial charge in [-0.05, 0) is 18.8 Å². The van der Waals surface area contributed by atoms with E-state index >= 15 is 0 Å². The Kier molecular flexibility index (Phi) is 4.07. The van der Waals surface area contributed by atoms with Gasteiger partial charge in [0.1, 0.15) is 0 Å². The minimum Gasteiger partial charge on any atom is -0.314 e. The zero-order chi connectivity index (χ0) is 12.5. The summed E-state index contributed by atoms with van der Waals surface area (Å²) in [6.07, 6.45) is 2.00. The number of nitrogens with one attached hydrogen (secondary N) is 1. The summed E-state index contributed by atoms with van der Waals surface area (Å²) in [5.74, 6) is 0.398. The molecule has 0 radical (unpaired) electrons. The van der Waals surface area contributed by atoms with Gasteiger partial charge in [-0.15, -0.1) is 0 Å². The van der Waals surface area contributed by atoms with E-state index in [4.69, 9.17) is 0 Å². The van der Waals surface area contributed by atoms with Crippen LogP contribution in [0.4, 0.5) is 0 Å². The summed E-state index contributed by atoms with van der Waals surface area (Å²) < 4.78 is 28.4. The first-order valence-electron chi connectivity index (χ1n) is 6.51. The molecule has 1 unspecified atom stereocenters. The quantitative estimate of drug-likeness (QED) is 0.793. The molecule has 0 aromatic heterocycles. The maximum atomic E-state index is 12.5. The van der Waals surface area contributed by atoms with Gasteiger partial charge in [-0.3, -0.25) is 0 Å². The average molecular weight is 261 g/mol. The minimum absolute atomic E-state index is 0.190. The van der Waals surface area contributed by atoms with Gasteiger partial charge >= 0.3 is 0 Å². The van der Waals surface area contributed by atoms with E-state index < -0.39 is 10.2 Å². The lowest BCUT2D eigenvalue weighted by molar-refractivity contribution is 0.272. The van der Waals surface area contributed by atoms with E-state index in [1.807, 2.05) is 0 Å². The standard InChI is InChI=1S/C11H23N3O2S/c1-10(2)11-4-3-7-14(11)17(15,16)13-8-5-12-6-9-13/h10-12H,3-9H2,1-2H3. The maximum absolute atomic E-state index is 12.5. The van der Waals surface area contributed by atoms with Crippen molar-refractivity contribution in [2.75, 3.05) is 32.7 Å². The summed E-state index contributed by atoms with van der Waals surface area (Å²) in [6.45, 7) is 7.63. The zero-order valence-corrected chi connectivity index (χ0v) is 11.5. The molecule has 0 spiro atoms. The van der Waals surface area contributed by atoms with Crippen molar-refractivity contribution in [2.24, 2.45) is 5.92 Å². The number of hydrogen-bond acceptors (Lipinski definition) is 3. The molecule has 0 aromatic rings. The van der Waals surface area contributed by atoms with Crippen LogP contribution in [0, 0.1) is 5.92 Å². The van der Waals surface area contributed by atoms with E-state index in [0.717, 1.165) is 25.9 Å². The van der Waals surface area contributed by atoms with Crippen LogP contribution in [0.25, 0.3) is 0 Å². The van der Waals surface area contributed by atoms with Crippen LogP contribution in [0.15, 0.2) is 0 Å². The molecular weight excluding hydrogens is 238 g/mol. The van der Waals surface area contributed by atoms with Crippen LogP contribution in [-0.4, -0.2) is 55.8 Å². The van der Waals surface area contributed by atoms with Gasteiger partial charge in [0, 0.05) is 38.8 Å². The van der Waals surface area contributed by atoms with Gasteiger partial charge < -0.3 is 5.32 Å². The molecule has 0 amide bonds. The second-order valence-corrected chi connectivity index (χ2v) is 7.10. The summed E-state index contributed by atoms with van der Waals surface area (Å²) in [7, 11) is -3.23. The van der Waals surface area contributed by atoms with E-state index in [-0.39, 0.29) is 6.04 Å². The van der Waals surface area contributed by atoms with Gasteiger partial charge in [-0.25, -0.2) is 0 Å². The highest BCUT2D eigenvalue weighted by atomic mass is 32.2. The molecule has 5 nitrogen and oxygen atoms in total. The topological polar surface area (TPSA) is 52.7 Å². The van der Waals surface area contributed by atoms with Crippen molar-refractivity contribution in [2.45, 2.75) is 32.7 Å². The third kappa shape index (κ3) is 2.65. The molecule has 0 saturated carbocycles. The second-order valence-electron chi connectivity index (χ2n) is 5.22. The summed E-state index contributed by atoms with van der Waals surface area (Å²) in [5, 5.41) is 3.19. The lowest BCUT2D eigenvalue weighted by Crippen LogP contribution is -2.53. The van der Waals surface area contributed by atoms with E-state index in [1.54, 1.807) is 8.61 Å². The molecule has 2 heterocycles. The highest BCUT2D eigenvalue weighted by molar-refractivity contribution is 7.86. The Morgan fingerprint density at radius 2 is 1.82 bits per heavy atom. The van der Waals surface area contributed by atoms with Crippen molar-refractivity contribution in [3.05, 3.63) is 0 Å². The Labute approximate surface area is 104 Å². The maximum Gasteiger partial charge on any atom is 0.282 e. The fraction of sp³-hybridized carbons (Fsp3) is 1.00. The predicted octanol–water partition coefficient (Wildman–Crippen LogP) is 0.257. The Morgan fingerprint density at radius 1 is 1.18 bits per heavy atom. The fourth-order valence-electron chi connectivity index (χ4n) is 2.74. The van der Waals surface area contributed by atoms with Gasteiger partial charge in [-0.1, -0.05) is 13.8 Å². The van der Waals surface area contributed by atoms with Crippen molar-refractivity contribution in [3.63, 3.8) is 0 Å². The van der Waals surface area contributed by atoms with Crippen LogP contribution < -0.4 is 5.32 Å². The van der Waals surface area contributed by atoms with Crippen LogP contribution >= 0.6 is 0 Å². The molecule has 2 rings (SSSR count). The molecule has 0 aromatic carbocycles. The molecule has 0 bridgehead atoms. The van der Waals surface area contributed by atoms with Crippen molar-refractivity contribution in [1.82, 2.24) is 13.9 Å². The molecule has 2 saturated heterocycles. The monoisotopic (exact) mass is 261 g/mol. The minimum atomic E-state index is -3.23. The first-order chi connectivity index (χ1) is 8.03. The molecule has 2 aliphatic heterocycles. The van der Waals surface area contributed by atoms with Crippen LogP contribution in [0.1, 0.15) is 26.7 Å². The SMILES string of the molecule is CC(C)C1CCCN1S(=O)(=O)N1CCNCC1. The number of rotatable bonds is 3. The molecule has 2 aliphatic rings.